The Morgan fingerprint density at radius 1 is 0.976 bits per heavy atom. The number of piperidine rings is 1. The molecule has 0 aliphatic carbocycles. The summed E-state index contributed by atoms with van der Waals surface area (Å²) in [6.45, 7) is 2.32. The second kappa shape index (κ2) is 13.7. The fraction of sp³-hybridized carbons (Fsp3) is 0.303. The topological polar surface area (TPSA) is 60.5 Å². The molecule has 212 valence electrons. The highest BCUT2D eigenvalue weighted by Gasteiger charge is 2.25. The van der Waals surface area contributed by atoms with Crippen molar-refractivity contribution in [1.82, 2.24) is 15.2 Å². The van der Waals surface area contributed by atoms with Gasteiger partial charge < -0.3 is 20.4 Å². The van der Waals surface area contributed by atoms with Gasteiger partial charge in [0.25, 0.3) is 5.91 Å². The first-order chi connectivity index (χ1) is 20.0. The number of nitrogens with zero attached hydrogens (tertiary/aromatic N) is 3. The van der Waals surface area contributed by atoms with Crippen LogP contribution >= 0.6 is 23.6 Å². The Labute approximate surface area is 252 Å². The van der Waals surface area contributed by atoms with Gasteiger partial charge >= 0.3 is 0 Å². The molecule has 6 nitrogen and oxygen atoms in total. The first kappa shape index (κ1) is 28.8. The summed E-state index contributed by atoms with van der Waals surface area (Å²) in [4.78, 5) is 22.0. The summed E-state index contributed by atoms with van der Waals surface area (Å²) in [7, 11) is 4.06. The molecule has 0 unspecified atom stereocenters. The van der Waals surface area contributed by atoms with E-state index in [1.54, 1.807) is 11.3 Å². The molecule has 1 aliphatic rings. The van der Waals surface area contributed by atoms with Crippen LogP contribution in [0.1, 0.15) is 57.7 Å². The van der Waals surface area contributed by atoms with Crippen LogP contribution in [0.3, 0.4) is 0 Å². The quantitative estimate of drug-likeness (QED) is 0.213. The average Bonchev–Trinajstić information content (AvgIpc) is 3.51. The number of carbonyl (C=O) groups is 1. The van der Waals surface area contributed by atoms with E-state index in [9.17, 15) is 4.79 Å². The highest BCUT2D eigenvalue weighted by Crippen LogP contribution is 2.31. The molecule has 1 aliphatic heterocycles. The largest absolute Gasteiger partial charge is 0.378 e. The molecular weight excluding hydrogens is 547 g/mol. The van der Waals surface area contributed by atoms with Gasteiger partial charge in [0.2, 0.25) is 0 Å². The second-order valence-electron chi connectivity index (χ2n) is 10.6. The van der Waals surface area contributed by atoms with Crippen LogP contribution in [0.4, 0.5) is 11.4 Å². The molecule has 0 spiro atoms. The molecule has 8 heteroatoms. The summed E-state index contributed by atoms with van der Waals surface area (Å²) in [6, 6.07) is 29.2. The van der Waals surface area contributed by atoms with Gasteiger partial charge in [0.05, 0.1) is 5.01 Å². The zero-order valence-electron chi connectivity index (χ0n) is 23.6. The predicted octanol–water partition coefficient (Wildman–Crippen LogP) is 6.74. The van der Waals surface area contributed by atoms with Crippen molar-refractivity contribution in [1.29, 1.82) is 0 Å². The van der Waals surface area contributed by atoms with E-state index in [1.807, 2.05) is 31.6 Å². The monoisotopic (exact) mass is 583 g/mol. The number of rotatable bonds is 9. The van der Waals surface area contributed by atoms with Crippen molar-refractivity contribution in [3.8, 4) is 0 Å². The van der Waals surface area contributed by atoms with Gasteiger partial charge in [-0.3, -0.25) is 4.79 Å². The highest BCUT2D eigenvalue weighted by atomic mass is 32.1. The van der Waals surface area contributed by atoms with Gasteiger partial charge in [-0.2, -0.15) is 0 Å². The van der Waals surface area contributed by atoms with Crippen molar-refractivity contribution in [2.75, 3.05) is 43.9 Å². The fourth-order valence-corrected chi connectivity index (χ4v) is 6.54. The molecule has 0 bridgehead atoms. The summed E-state index contributed by atoms with van der Waals surface area (Å²) in [5, 5.41) is 10.2. The minimum atomic E-state index is -0.101. The van der Waals surface area contributed by atoms with Crippen LogP contribution in [0.25, 0.3) is 0 Å². The molecule has 0 radical (unpaired) electrons. The molecular formula is C33H37N5OS2. The zero-order valence-corrected chi connectivity index (χ0v) is 25.3. The summed E-state index contributed by atoms with van der Waals surface area (Å²) in [6.07, 6.45) is 2.75. The Morgan fingerprint density at radius 3 is 2.17 bits per heavy atom. The SMILES string of the molecule is CN(C)c1ccc(NC(=S)N2CCC(c3nc(C(=O)NCCC(c4ccccc4)c4ccccc4)cs3)CC2)cc1. The van der Waals surface area contributed by atoms with E-state index in [0.29, 0.717) is 18.2 Å². The van der Waals surface area contributed by atoms with Crippen LogP contribution in [0.5, 0.6) is 0 Å². The van der Waals surface area contributed by atoms with Crippen molar-refractivity contribution < 1.29 is 4.79 Å². The van der Waals surface area contributed by atoms with Crippen molar-refractivity contribution in [3.05, 3.63) is 112 Å². The van der Waals surface area contributed by atoms with Crippen LogP contribution in [-0.2, 0) is 0 Å². The number of hydrogen-bond donors (Lipinski definition) is 2. The molecule has 2 N–H and O–H groups in total. The van der Waals surface area contributed by atoms with Gasteiger partial charge in [-0.15, -0.1) is 11.3 Å². The summed E-state index contributed by atoms with van der Waals surface area (Å²) < 4.78 is 0. The van der Waals surface area contributed by atoms with Gasteiger partial charge in [0.1, 0.15) is 5.69 Å². The maximum Gasteiger partial charge on any atom is 0.270 e. The third kappa shape index (κ3) is 7.51. The molecule has 5 rings (SSSR count). The lowest BCUT2D eigenvalue weighted by Crippen LogP contribution is -2.40. The van der Waals surface area contributed by atoms with Crippen LogP contribution < -0.4 is 15.5 Å². The van der Waals surface area contributed by atoms with E-state index in [0.717, 1.165) is 53.8 Å². The number of anilines is 2. The van der Waals surface area contributed by atoms with Crippen LogP contribution in [0.15, 0.2) is 90.3 Å². The van der Waals surface area contributed by atoms with Crippen LogP contribution in [0.2, 0.25) is 0 Å². The Bertz CT molecular complexity index is 1380. The lowest BCUT2D eigenvalue weighted by Gasteiger charge is -2.33. The fourth-order valence-electron chi connectivity index (χ4n) is 5.27. The summed E-state index contributed by atoms with van der Waals surface area (Å²) in [5.74, 6) is 0.475. The highest BCUT2D eigenvalue weighted by molar-refractivity contribution is 7.80. The van der Waals surface area contributed by atoms with Gasteiger partial charge in [0.15, 0.2) is 5.11 Å². The van der Waals surface area contributed by atoms with E-state index >= 15 is 0 Å². The summed E-state index contributed by atoms with van der Waals surface area (Å²) >= 11 is 7.28. The van der Waals surface area contributed by atoms with Gasteiger partial charge in [-0.05, 0) is 66.9 Å². The minimum absolute atomic E-state index is 0.101. The molecule has 1 saturated heterocycles. The Hall–Kier alpha value is -3.75. The molecule has 41 heavy (non-hydrogen) atoms. The average molecular weight is 584 g/mol. The first-order valence-corrected chi connectivity index (χ1v) is 15.4. The number of amides is 1. The predicted molar refractivity (Wildman–Crippen MR) is 174 cm³/mol. The maximum absolute atomic E-state index is 13.0. The number of aromatic nitrogens is 1. The number of hydrogen-bond acceptors (Lipinski definition) is 5. The lowest BCUT2D eigenvalue weighted by atomic mass is 9.88. The molecule has 2 heterocycles. The third-order valence-corrected chi connectivity index (χ3v) is 9.01. The van der Waals surface area contributed by atoms with Crippen molar-refractivity contribution >= 4 is 45.9 Å². The van der Waals surface area contributed by atoms with E-state index in [1.165, 1.54) is 11.1 Å². The number of carbonyl (C=O) groups excluding carboxylic acids is 1. The van der Waals surface area contributed by atoms with E-state index in [2.05, 4.69) is 93.2 Å². The van der Waals surface area contributed by atoms with Gasteiger partial charge in [-0.1, -0.05) is 60.7 Å². The number of thiocarbonyl (C=S) groups is 1. The van der Waals surface area contributed by atoms with Crippen molar-refractivity contribution in [2.45, 2.75) is 31.1 Å². The van der Waals surface area contributed by atoms with E-state index in [4.69, 9.17) is 17.2 Å². The molecule has 1 aromatic heterocycles. The Kier molecular flexibility index (Phi) is 9.64. The number of nitrogens with one attached hydrogen (secondary N) is 2. The Balaban J connectivity index is 1.10. The van der Waals surface area contributed by atoms with Crippen LogP contribution in [-0.4, -0.2) is 54.6 Å². The van der Waals surface area contributed by atoms with E-state index in [-0.39, 0.29) is 11.8 Å². The number of thiazole rings is 1. The number of likely N-dealkylation sites (tertiary alicyclic amines) is 1. The first-order valence-electron chi connectivity index (χ1n) is 14.1. The lowest BCUT2D eigenvalue weighted by molar-refractivity contribution is 0.0948. The van der Waals surface area contributed by atoms with Gasteiger partial charge in [0, 0.05) is 62.3 Å². The van der Waals surface area contributed by atoms with Crippen molar-refractivity contribution in [3.63, 3.8) is 0 Å². The third-order valence-electron chi connectivity index (χ3n) is 7.64. The van der Waals surface area contributed by atoms with Crippen LogP contribution in [0, 0.1) is 0 Å². The molecule has 3 aromatic carbocycles. The normalized spacial score (nSPS) is 13.7. The zero-order chi connectivity index (χ0) is 28.6. The maximum atomic E-state index is 13.0. The Morgan fingerprint density at radius 2 is 1.59 bits per heavy atom. The standard InChI is InChI=1S/C33H37N5OS2/c1-37(2)28-15-13-27(14-16-28)35-33(40)38-21-18-26(19-22-38)32-36-30(23-41-32)31(39)34-20-17-29(24-9-5-3-6-10-24)25-11-7-4-8-12-25/h3-16,23,26,29H,17-22H2,1-2H3,(H,34,39)(H,35,40). The smallest absolute Gasteiger partial charge is 0.270 e. The second-order valence-corrected chi connectivity index (χ2v) is 11.9. The number of benzene rings is 3. The van der Waals surface area contributed by atoms with E-state index < -0.39 is 0 Å². The molecule has 4 aromatic rings. The van der Waals surface area contributed by atoms with Crippen molar-refractivity contribution in [2.24, 2.45) is 0 Å². The molecule has 1 amide bonds. The molecule has 0 saturated carbocycles. The molecule has 0 atom stereocenters. The van der Waals surface area contributed by atoms with Gasteiger partial charge in [-0.25, -0.2) is 4.98 Å². The summed E-state index contributed by atoms with van der Waals surface area (Å²) in [5.41, 5.74) is 5.18. The minimum Gasteiger partial charge on any atom is -0.378 e. The molecule has 1 fully saturated rings.